The Labute approximate surface area is 183 Å². The average Bonchev–Trinajstić information content (AvgIpc) is 2.78. The van der Waals surface area contributed by atoms with Crippen LogP contribution in [0.2, 0.25) is 5.02 Å². The van der Waals surface area contributed by atoms with Gasteiger partial charge in [0.1, 0.15) is 36.9 Å². The van der Waals surface area contributed by atoms with Crippen LogP contribution in [0.4, 0.5) is 21.6 Å². The zero-order chi connectivity index (χ0) is 21.2. The van der Waals surface area contributed by atoms with Gasteiger partial charge in [-0.3, -0.25) is 0 Å². The van der Waals surface area contributed by atoms with Crippen LogP contribution in [0.25, 0.3) is 10.9 Å². The van der Waals surface area contributed by atoms with E-state index in [0.29, 0.717) is 23.2 Å². The molecule has 1 aliphatic heterocycles. The Bertz CT molecular complexity index is 1270. The number of hydrogen-bond donors (Lipinski definition) is 2. The van der Waals surface area contributed by atoms with Crippen LogP contribution in [-0.4, -0.2) is 23.1 Å². The van der Waals surface area contributed by atoms with Crippen molar-refractivity contribution in [2.75, 3.05) is 23.8 Å². The Kier molecular flexibility index (Phi) is 5.18. The fourth-order valence-corrected chi connectivity index (χ4v) is 3.70. The molecule has 0 radical (unpaired) electrons. The van der Waals surface area contributed by atoms with Gasteiger partial charge in [0, 0.05) is 12.2 Å². The molecule has 156 valence electrons. The lowest BCUT2D eigenvalue weighted by Gasteiger charge is -2.21. The molecule has 31 heavy (non-hydrogen) atoms. The normalized spacial score (nSPS) is 12.6. The second-order valence-corrected chi connectivity index (χ2v) is 7.43. The Morgan fingerprint density at radius 3 is 2.94 bits per heavy atom. The molecule has 0 unspecified atom stereocenters. The van der Waals surface area contributed by atoms with Crippen LogP contribution < -0.4 is 20.1 Å². The standard InChI is InChI=1S/C23H18ClFN4O2/c24-17-11-16(4-7-20(17)31-12-14-2-1-3-15(25)10-14)29-23-21-18(27-13-28-23)5-6-19-22(21)30-9-8-26-19/h1-7,10-11,13,26H,8-9,12H2,(H,27,28,29). The number of halogens is 2. The van der Waals surface area contributed by atoms with Crippen molar-refractivity contribution < 1.29 is 13.9 Å². The first-order valence-electron chi connectivity index (χ1n) is 9.75. The van der Waals surface area contributed by atoms with Gasteiger partial charge in [0.25, 0.3) is 0 Å². The highest BCUT2D eigenvalue weighted by Crippen LogP contribution is 2.39. The molecule has 1 aromatic heterocycles. The van der Waals surface area contributed by atoms with E-state index in [0.717, 1.165) is 40.1 Å². The summed E-state index contributed by atoms with van der Waals surface area (Å²) >= 11 is 6.42. The van der Waals surface area contributed by atoms with E-state index in [2.05, 4.69) is 20.6 Å². The molecule has 0 amide bonds. The topological polar surface area (TPSA) is 68.3 Å². The van der Waals surface area contributed by atoms with Crippen molar-refractivity contribution in [3.63, 3.8) is 0 Å². The van der Waals surface area contributed by atoms with E-state index in [1.807, 2.05) is 18.2 Å². The number of fused-ring (bicyclic) bond motifs is 3. The van der Waals surface area contributed by atoms with Crippen molar-refractivity contribution in [2.45, 2.75) is 6.61 Å². The van der Waals surface area contributed by atoms with Gasteiger partial charge in [-0.05, 0) is 48.0 Å². The summed E-state index contributed by atoms with van der Waals surface area (Å²) in [5.41, 5.74) is 3.16. The largest absolute Gasteiger partial charge is 0.489 e. The molecule has 2 heterocycles. The van der Waals surface area contributed by atoms with Crippen LogP contribution >= 0.6 is 11.6 Å². The Morgan fingerprint density at radius 2 is 2.06 bits per heavy atom. The molecule has 0 aliphatic carbocycles. The maximum Gasteiger partial charge on any atom is 0.155 e. The first-order valence-corrected chi connectivity index (χ1v) is 10.1. The molecule has 1 aliphatic rings. The zero-order valence-corrected chi connectivity index (χ0v) is 17.1. The average molecular weight is 437 g/mol. The van der Waals surface area contributed by atoms with E-state index in [9.17, 15) is 4.39 Å². The molecule has 0 saturated carbocycles. The quantitative estimate of drug-likeness (QED) is 0.427. The monoisotopic (exact) mass is 436 g/mol. The van der Waals surface area contributed by atoms with Crippen molar-refractivity contribution >= 4 is 39.7 Å². The number of nitrogens with zero attached hydrogens (tertiary/aromatic N) is 2. The fourth-order valence-electron chi connectivity index (χ4n) is 3.46. The summed E-state index contributed by atoms with van der Waals surface area (Å²) < 4.78 is 25.0. The third-order valence-electron chi connectivity index (χ3n) is 4.90. The van der Waals surface area contributed by atoms with E-state index in [-0.39, 0.29) is 12.4 Å². The van der Waals surface area contributed by atoms with E-state index in [1.165, 1.54) is 18.5 Å². The molecule has 6 nitrogen and oxygen atoms in total. The van der Waals surface area contributed by atoms with Crippen LogP contribution in [0.1, 0.15) is 5.56 Å². The van der Waals surface area contributed by atoms with Gasteiger partial charge in [0.05, 0.1) is 21.6 Å². The van der Waals surface area contributed by atoms with Crippen molar-refractivity contribution in [3.05, 3.63) is 77.3 Å². The molecular formula is C23H18ClFN4O2. The van der Waals surface area contributed by atoms with Crippen molar-refractivity contribution in [3.8, 4) is 11.5 Å². The molecule has 0 fully saturated rings. The van der Waals surface area contributed by atoms with Gasteiger partial charge < -0.3 is 20.1 Å². The molecule has 8 heteroatoms. The van der Waals surface area contributed by atoms with Gasteiger partial charge in [-0.2, -0.15) is 0 Å². The SMILES string of the molecule is Fc1cccc(COc2ccc(Nc3ncnc4ccc5c(c34)OCCN5)cc2Cl)c1. The molecule has 5 rings (SSSR count). The van der Waals surface area contributed by atoms with Gasteiger partial charge in [0.2, 0.25) is 0 Å². The maximum absolute atomic E-state index is 13.3. The van der Waals surface area contributed by atoms with E-state index >= 15 is 0 Å². The summed E-state index contributed by atoms with van der Waals surface area (Å²) in [4.78, 5) is 8.76. The molecular weight excluding hydrogens is 419 g/mol. The van der Waals surface area contributed by atoms with Gasteiger partial charge in [0.15, 0.2) is 5.75 Å². The lowest BCUT2D eigenvalue weighted by atomic mass is 10.1. The molecule has 0 spiro atoms. The third-order valence-corrected chi connectivity index (χ3v) is 5.19. The first kappa shape index (κ1) is 19.4. The Balaban J connectivity index is 1.39. The first-order chi connectivity index (χ1) is 15.2. The number of benzene rings is 3. The van der Waals surface area contributed by atoms with Crippen LogP contribution in [0.5, 0.6) is 11.5 Å². The molecule has 2 N–H and O–H groups in total. The van der Waals surface area contributed by atoms with Crippen LogP contribution in [0.3, 0.4) is 0 Å². The lowest BCUT2D eigenvalue weighted by Crippen LogP contribution is -2.18. The van der Waals surface area contributed by atoms with Crippen LogP contribution in [-0.2, 0) is 6.61 Å². The van der Waals surface area contributed by atoms with Gasteiger partial charge in [-0.25, -0.2) is 14.4 Å². The van der Waals surface area contributed by atoms with Crippen LogP contribution in [0.15, 0.2) is 60.9 Å². The van der Waals surface area contributed by atoms with E-state index in [4.69, 9.17) is 21.1 Å². The van der Waals surface area contributed by atoms with Gasteiger partial charge >= 0.3 is 0 Å². The highest BCUT2D eigenvalue weighted by atomic mass is 35.5. The van der Waals surface area contributed by atoms with Crippen molar-refractivity contribution in [2.24, 2.45) is 0 Å². The molecule has 0 saturated heterocycles. The highest BCUT2D eigenvalue weighted by molar-refractivity contribution is 6.32. The number of nitrogens with one attached hydrogen (secondary N) is 2. The number of hydrogen-bond acceptors (Lipinski definition) is 6. The molecule has 4 aromatic rings. The lowest BCUT2D eigenvalue weighted by molar-refractivity contribution is 0.306. The predicted molar refractivity (Wildman–Crippen MR) is 119 cm³/mol. The number of aromatic nitrogens is 2. The summed E-state index contributed by atoms with van der Waals surface area (Å²) in [6, 6.07) is 15.5. The minimum Gasteiger partial charge on any atom is -0.489 e. The summed E-state index contributed by atoms with van der Waals surface area (Å²) in [7, 11) is 0. The maximum atomic E-state index is 13.3. The molecule has 0 bridgehead atoms. The van der Waals surface area contributed by atoms with Gasteiger partial charge in [-0.1, -0.05) is 23.7 Å². The van der Waals surface area contributed by atoms with E-state index in [1.54, 1.807) is 24.3 Å². The number of ether oxygens (including phenoxy) is 2. The van der Waals surface area contributed by atoms with E-state index < -0.39 is 0 Å². The second kappa shape index (κ2) is 8.28. The Hall–Kier alpha value is -3.58. The predicted octanol–water partition coefficient (Wildman–Crippen LogP) is 5.55. The smallest absolute Gasteiger partial charge is 0.155 e. The number of anilines is 3. The molecule has 0 atom stereocenters. The highest BCUT2D eigenvalue weighted by Gasteiger charge is 2.18. The fraction of sp³-hybridized carbons (Fsp3) is 0.130. The van der Waals surface area contributed by atoms with Crippen molar-refractivity contribution in [1.29, 1.82) is 0 Å². The third kappa shape index (κ3) is 4.04. The molecule has 3 aromatic carbocycles. The van der Waals surface area contributed by atoms with Crippen LogP contribution in [0, 0.1) is 5.82 Å². The minimum atomic E-state index is -0.301. The minimum absolute atomic E-state index is 0.220. The zero-order valence-electron chi connectivity index (χ0n) is 16.4. The summed E-state index contributed by atoms with van der Waals surface area (Å²) in [6.07, 6.45) is 1.51. The summed E-state index contributed by atoms with van der Waals surface area (Å²) in [6.45, 7) is 1.54. The van der Waals surface area contributed by atoms with Gasteiger partial charge in [-0.15, -0.1) is 0 Å². The second-order valence-electron chi connectivity index (χ2n) is 7.02. The number of rotatable bonds is 5. The Morgan fingerprint density at radius 1 is 1.13 bits per heavy atom. The summed E-state index contributed by atoms with van der Waals surface area (Å²) in [5.74, 6) is 1.56. The summed E-state index contributed by atoms with van der Waals surface area (Å²) in [5, 5.41) is 7.85. The van der Waals surface area contributed by atoms with Crippen molar-refractivity contribution in [1.82, 2.24) is 9.97 Å².